The highest BCUT2D eigenvalue weighted by Gasteiger charge is 2.36. The summed E-state index contributed by atoms with van der Waals surface area (Å²) in [7, 11) is 0. The van der Waals surface area contributed by atoms with Crippen molar-refractivity contribution in [3.05, 3.63) is 29.8 Å². The van der Waals surface area contributed by atoms with Gasteiger partial charge >= 0.3 is 0 Å². The molecule has 0 unspecified atom stereocenters. The number of benzene rings is 1. The van der Waals surface area contributed by atoms with Crippen molar-refractivity contribution in [2.45, 2.75) is 47.5 Å². The maximum absolute atomic E-state index is 12.5. The van der Waals surface area contributed by atoms with Gasteiger partial charge in [0.1, 0.15) is 5.41 Å². The molecule has 0 atom stereocenters. The molecule has 22 heavy (non-hydrogen) atoms. The molecular weight excluding hydrogens is 276 g/mol. The third-order valence-corrected chi connectivity index (χ3v) is 3.64. The average Bonchev–Trinajstić information content (AvgIpc) is 2.44. The van der Waals surface area contributed by atoms with Gasteiger partial charge in [-0.05, 0) is 37.3 Å². The highest BCUT2D eigenvalue weighted by atomic mass is 16.2. The van der Waals surface area contributed by atoms with Gasteiger partial charge in [-0.1, -0.05) is 45.9 Å². The van der Waals surface area contributed by atoms with E-state index in [-0.39, 0.29) is 11.8 Å². The third-order valence-electron chi connectivity index (χ3n) is 3.64. The first-order chi connectivity index (χ1) is 10.2. The van der Waals surface area contributed by atoms with Crippen LogP contribution in [-0.4, -0.2) is 18.4 Å². The van der Waals surface area contributed by atoms with E-state index >= 15 is 0 Å². The molecule has 0 aliphatic heterocycles. The minimum Gasteiger partial charge on any atom is -0.355 e. The minimum atomic E-state index is -1.11. The highest BCUT2D eigenvalue weighted by molar-refractivity contribution is 6.10. The molecule has 4 nitrogen and oxygen atoms in total. The Morgan fingerprint density at radius 2 is 1.64 bits per heavy atom. The van der Waals surface area contributed by atoms with Gasteiger partial charge in [0.05, 0.1) is 0 Å². The predicted octanol–water partition coefficient (Wildman–Crippen LogP) is 3.55. The van der Waals surface area contributed by atoms with Gasteiger partial charge in [0.25, 0.3) is 0 Å². The molecule has 0 fully saturated rings. The lowest BCUT2D eigenvalue weighted by Crippen LogP contribution is -2.46. The molecule has 2 amide bonds. The van der Waals surface area contributed by atoms with Gasteiger partial charge in [-0.2, -0.15) is 0 Å². The summed E-state index contributed by atoms with van der Waals surface area (Å²) < 4.78 is 0. The standard InChI is InChI=1S/C18H28N2O2/c1-12(2)11-19-16(21)18(5,6)17(22)20-15-10-8-7-9-14(15)13(3)4/h7-10,12-13H,11H2,1-6H3,(H,19,21)(H,20,22). The van der Waals surface area contributed by atoms with Crippen LogP contribution < -0.4 is 10.6 Å². The Labute approximate surface area is 133 Å². The molecule has 0 aliphatic rings. The van der Waals surface area contributed by atoms with E-state index in [9.17, 15) is 9.59 Å². The van der Waals surface area contributed by atoms with Gasteiger partial charge in [-0.15, -0.1) is 0 Å². The zero-order valence-corrected chi connectivity index (χ0v) is 14.5. The lowest BCUT2D eigenvalue weighted by Gasteiger charge is -2.24. The maximum atomic E-state index is 12.5. The summed E-state index contributed by atoms with van der Waals surface area (Å²) in [5.41, 5.74) is 0.723. The van der Waals surface area contributed by atoms with Crippen LogP contribution in [0.1, 0.15) is 53.0 Å². The number of anilines is 1. The van der Waals surface area contributed by atoms with E-state index in [4.69, 9.17) is 0 Å². The lowest BCUT2D eigenvalue weighted by molar-refractivity contribution is -0.138. The first-order valence-electron chi connectivity index (χ1n) is 7.85. The minimum absolute atomic E-state index is 0.249. The number of hydrogen-bond acceptors (Lipinski definition) is 2. The number of rotatable bonds is 6. The van der Waals surface area contributed by atoms with Crippen molar-refractivity contribution in [2.24, 2.45) is 11.3 Å². The van der Waals surface area contributed by atoms with Crippen molar-refractivity contribution in [3.63, 3.8) is 0 Å². The van der Waals surface area contributed by atoms with Gasteiger partial charge in [0.15, 0.2) is 0 Å². The molecule has 0 saturated heterocycles. The van der Waals surface area contributed by atoms with Gasteiger partial charge in [-0.25, -0.2) is 0 Å². The summed E-state index contributed by atoms with van der Waals surface area (Å²) in [5, 5.41) is 5.73. The quantitative estimate of drug-likeness (QED) is 0.790. The average molecular weight is 304 g/mol. The first-order valence-corrected chi connectivity index (χ1v) is 7.85. The SMILES string of the molecule is CC(C)CNC(=O)C(C)(C)C(=O)Nc1ccccc1C(C)C. The molecule has 0 heterocycles. The molecule has 0 aliphatic carbocycles. The Hall–Kier alpha value is -1.84. The summed E-state index contributed by atoms with van der Waals surface area (Å²) in [6.07, 6.45) is 0. The Kier molecular flexibility index (Phi) is 6.15. The van der Waals surface area contributed by atoms with Gasteiger partial charge in [0.2, 0.25) is 11.8 Å². The zero-order chi connectivity index (χ0) is 16.9. The molecular formula is C18H28N2O2. The van der Waals surface area contributed by atoms with Crippen molar-refractivity contribution in [3.8, 4) is 0 Å². The van der Waals surface area contributed by atoms with Crippen LogP contribution in [0.4, 0.5) is 5.69 Å². The second-order valence-electron chi connectivity index (χ2n) is 6.92. The van der Waals surface area contributed by atoms with E-state index < -0.39 is 5.41 Å². The van der Waals surface area contributed by atoms with Crippen LogP contribution >= 0.6 is 0 Å². The number of nitrogens with one attached hydrogen (secondary N) is 2. The summed E-state index contributed by atoms with van der Waals surface area (Å²) in [5.74, 6) is 0.112. The Bertz CT molecular complexity index is 534. The highest BCUT2D eigenvalue weighted by Crippen LogP contribution is 2.26. The van der Waals surface area contributed by atoms with E-state index in [2.05, 4.69) is 24.5 Å². The number of amides is 2. The van der Waals surface area contributed by atoms with Crippen LogP contribution in [0.15, 0.2) is 24.3 Å². The Balaban J connectivity index is 2.85. The first kappa shape index (κ1) is 18.2. The van der Waals surface area contributed by atoms with Crippen LogP contribution in [-0.2, 0) is 9.59 Å². The molecule has 1 rings (SSSR count). The van der Waals surface area contributed by atoms with E-state index in [1.807, 2.05) is 38.1 Å². The van der Waals surface area contributed by atoms with Crippen LogP contribution in [0, 0.1) is 11.3 Å². The van der Waals surface area contributed by atoms with Crippen molar-refractivity contribution in [2.75, 3.05) is 11.9 Å². The van der Waals surface area contributed by atoms with Crippen LogP contribution in [0.3, 0.4) is 0 Å². The van der Waals surface area contributed by atoms with Crippen LogP contribution in [0.25, 0.3) is 0 Å². The Morgan fingerprint density at radius 3 is 2.18 bits per heavy atom. The summed E-state index contributed by atoms with van der Waals surface area (Å²) in [6.45, 7) is 12.1. The summed E-state index contributed by atoms with van der Waals surface area (Å²) in [4.78, 5) is 24.8. The molecule has 4 heteroatoms. The molecule has 0 bridgehead atoms. The smallest absolute Gasteiger partial charge is 0.239 e. The predicted molar refractivity (Wildman–Crippen MR) is 90.8 cm³/mol. The fourth-order valence-electron chi connectivity index (χ4n) is 2.01. The molecule has 0 aromatic heterocycles. The van der Waals surface area contributed by atoms with Gasteiger partial charge in [-0.3, -0.25) is 9.59 Å². The van der Waals surface area contributed by atoms with E-state index in [1.165, 1.54) is 0 Å². The van der Waals surface area contributed by atoms with Gasteiger partial charge < -0.3 is 10.6 Å². The third kappa shape index (κ3) is 4.58. The lowest BCUT2D eigenvalue weighted by atomic mass is 9.90. The zero-order valence-electron chi connectivity index (χ0n) is 14.5. The summed E-state index contributed by atoms with van der Waals surface area (Å²) in [6, 6.07) is 7.69. The fraction of sp³-hybridized carbons (Fsp3) is 0.556. The van der Waals surface area contributed by atoms with Crippen molar-refractivity contribution < 1.29 is 9.59 Å². The number of carbonyl (C=O) groups is 2. The monoisotopic (exact) mass is 304 g/mol. The molecule has 0 saturated carbocycles. The maximum Gasteiger partial charge on any atom is 0.239 e. The molecule has 2 N–H and O–H groups in total. The topological polar surface area (TPSA) is 58.2 Å². The second kappa shape index (κ2) is 7.43. The molecule has 1 aromatic rings. The van der Waals surface area contributed by atoms with Crippen LogP contribution in [0.2, 0.25) is 0 Å². The van der Waals surface area contributed by atoms with E-state index in [0.717, 1.165) is 11.3 Å². The molecule has 0 radical (unpaired) electrons. The fourth-order valence-corrected chi connectivity index (χ4v) is 2.01. The Morgan fingerprint density at radius 1 is 1.05 bits per heavy atom. The second-order valence-corrected chi connectivity index (χ2v) is 6.92. The molecule has 0 spiro atoms. The summed E-state index contributed by atoms with van der Waals surface area (Å²) >= 11 is 0. The van der Waals surface area contributed by atoms with E-state index in [1.54, 1.807) is 13.8 Å². The van der Waals surface area contributed by atoms with Crippen LogP contribution in [0.5, 0.6) is 0 Å². The van der Waals surface area contributed by atoms with Gasteiger partial charge in [0, 0.05) is 12.2 Å². The molecule has 1 aromatic carbocycles. The normalized spacial score (nSPS) is 11.6. The van der Waals surface area contributed by atoms with Crippen molar-refractivity contribution >= 4 is 17.5 Å². The van der Waals surface area contributed by atoms with Crippen molar-refractivity contribution in [1.82, 2.24) is 5.32 Å². The number of hydrogen-bond donors (Lipinski definition) is 2. The van der Waals surface area contributed by atoms with Crippen molar-refractivity contribution in [1.29, 1.82) is 0 Å². The number of para-hydroxylation sites is 1. The largest absolute Gasteiger partial charge is 0.355 e. The number of carbonyl (C=O) groups excluding carboxylic acids is 2. The van der Waals surface area contributed by atoms with E-state index in [0.29, 0.717) is 18.4 Å². The molecule has 122 valence electrons.